The lowest BCUT2D eigenvalue weighted by molar-refractivity contribution is -0.131. The standard InChI is InChI=1S/C54H49NO6/c1-7-54(5,43-18-32-49(33-19-43)59-39(4)56)44-20-34-51(35-21-44)61-53(57)60-50-30-16-42(17-31-50)52(41-14-28-48(58-6)29-15-41)36-40-12-26-47(27-13-40)55(45-22-8-37(2)9-23-45)46-24-10-38(3)11-25-46/h8-36H,7H2,1-6H3/b52-36+. The van der Waals surface area contributed by atoms with E-state index in [1.54, 1.807) is 43.5 Å². The summed E-state index contributed by atoms with van der Waals surface area (Å²) in [7, 11) is 1.65. The van der Waals surface area contributed by atoms with Crippen LogP contribution in [0.25, 0.3) is 11.6 Å². The summed E-state index contributed by atoms with van der Waals surface area (Å²) in [6.45, 7) is 9.85. The first kappa shape index (κ1) is 41.8. The van der Waals surface area contributed by atoms with Crippen LogP contribution in [0.3, 0.4) is 0 Å². The number of esters is 1. The van der Waals surface area contributed by atoms with Gasteiger partial charge in [-0.1, -0.05) is 110 Å². The van der Waals surface area contributed by atoms with Crippen LogP contribution in [-0.4, -0.2) is 19.2 Å². The highest BCUT2D eigenvalue weighted by atomic mass is 16.7. The lowest BCUT2D eigenvalue weighted by Gasteiger charge is -2.30. The summed E-state index contributed by atoms with van der Waals surface area (Å²) in [4.78, 5) is 26.6. The van der Waals surface area contributed by atoms with Gasteiger partial charge in [0.15, 0.2) is 0 Å². The summed E-state index contributed by atoms with van der Waals surface area (Å²) in [5.74, 6) is 1.63. The maximum absolute atomic E-state index is 13.0. The zero-order valence-corrected chi connectivity index (χ0v) is 35.3. The van der Waals surface area contributed by atoms with Crippen molar-refractivity contribution in [3.05, 3.63) is 209 Å². The molecule has 0 aliphatic carbocycles. The molecule has 0 N–H and O–H groups in total. The van der Waals surface area contributed by atoms with Gasteiger partial charge >= 0.3 is 12.1 Å². The van der Waals surface area contributed by atoms with Crippen molar-refractivity contribution in [2.75, 3.05) is 12.0 Å². The maximum atomic E-state index is 13.0. The van der Waals surface area contributed by atoms with E-state index in [2.05, 4.69) is 111 Å². The van der Waals surface area contributed by atoms with Crippen LogP contribution in [-0.2, 0) is 10.2 Å². The van der Waals surface area contributed by atoms with Crippen molar-refractivity contribution in [3.63, 3.8) is 0 Å². The highest BCUT2D eigenvalue weighted by molar-refractivity contribution is 5.92. The number of methoxy groups -OCH3 is 1. The first-order valence-corrected chi connectivity index (χ1v) is 20.3. The summed E-state index contributed by atoms with van der Waals surface area (Å²) >= 11 is 0. The number of nitrogens with zero attached hydrogens (tertiary/aromatic N) is 1. The molecule has 0 saturated carbocycles. The van der Waals surface area contributed by atoms with E-state index in [0.29, 0.717) is 17.2 Å². The van der Waals surface area contributed by atoms with E-state index in [9.17, 15) is 9.59 Å². The molecule has 7 nitrogen and oxygen atoms in total. The quantitative estimate of drug-likeness (QED) is 0.0497. The topological polar surface area (TPSA) is 74.3 Å². The second-order valence-corrected chi connectivity index (χ2v) is 15.2. The highest BCUT2D eigenvalue weighted by Gasteiger charge is 2.27. The molecule has 0 aromatic heterocycles. The second kappa shape index (κ2) is 18.7. The molecule has 0 amide bonds. The van der Waals surface area contributed by atoms with Crippen molar-refractivity contribution in [1.29, 1.82) is 0 Å². The minimum atomic E-state index is -0.837. The molecule has 0 saturated heterocycles. The Morgan fingerprint density at radius 3 is 1.30 bits per heavy atom. The molecule has 306 valence electrons. The zero-order valence-electron chi connectivity index (χ0n) is 35.3. The van der Waals surface area contributed by atoms with Gasteiger partial charge in [-0.2, -0.15) is 0 Å². The Hall–Kier alpha value is -7.38. The third-order valence-electron chi connectivity index (χ3n) is 11.0. The van der Waals surface area contributed by atoms with Crippen LogP contribution >= 0.6 is 0 Å². The molecule has 0 spiro atoms. The van der Waals surface area contributed by atoms with Crippen molar-refractivity contribution in [1.82, 2.24) is 0 Å². The Morgan fingerprint density at radius 1 is 0.525 bits per heavy atom. The molecule has 0 bridgehead atoms. The summed E-state index contributed by atoms with van der Waals surface area (Å²) in [6.07, 6.45) is 2.14. The number of hydrogen-bond acceptors (Lipinski definition) is 7. The fourth-order valence-electron chi connectivity index (χ4n) is 7.26. The molecule has 0 aliphatic heterocycles. The third-order valence-corrected chi connectivity index (χ3v) is 11.0. The van der Waals surface area contributed by atoms with Crippen molar-refractivity contribution in [3.8, 4) is 23.0 Å². The van der Waals surface area contributed by atoms with Gasteiger partial charge in [-0.25, -0.2) is 4.79 Å². The van der Waals surface area contributed by atoms with Gasteiger partial charge in [0.1, 0.15) is 23.0 Å². The molecule has 7 rings (SSSR count). The van der Waals surface area contributed by atoms with E-state index in [1.807, 2.05) is 60.7 Å². The Labute approximate surface area is 358 Å². The van der Waals surface area contributed by atoms with E-state index >= 15 is 0 Å². The van der Waals surface area contributed by atoms with E-state index in [0.717, 1.165) is 62.6 Å². The molecule has 0 fully saturated rings. The smallest absolute Gasteiger partial charge is 0.497 e. The summed E-state index contributed by atoms with van der Waals surface area (Å²) in [6, 6.07) is 56.0. The lowest BCUT2D eigenvalue weighted by atomic mass is 9.74. The van der Waals surface area contributed by atoms with Gasteiger partial charge in [0, 0.05) is 29.4 Å². The van der Waals surface area contributed by atoms with E-state index < -0.39 is 6.16 Å². The molecule has 7 aromatic carbocycles. The first-order chi connectivity index (χ1) is 29.5. The van der Waals surface area contributed by atoms with Crippen molar-refractivity contribution >= 4 is 40.8 Å². The number of ether oxygens (including phenoxy) is 4. The van der Waals surface area contributed by atoms with Gasteiger partial charge in [-0.05, 0) is 145 Å². The normalized spacial score (nSPS) is 12.2. The number of benzene rings is 7. The average molecular weight is 808 g/mol. The maximum Gasteiger partial charge on any atom is 0.519 e. The number of carbonyl (C=O) groups is 2. The molecule has 0 radical (unpaired) electrons. The fraction of sp³-hybridized carbons (Fsp3) is 0.148. The third kappa shape index (κ3) is 10.1. The average Bonchev–Trinajstić information content (AvgIpc) is 3.28. The van der Waals surface area contributed by atoms with Crippen LogP contribution in [0.2, 0.25) is 0 Å². The van der Waals surface area contributed by atoms with Crippen LogP contribution in [0, 0.1) is 13.8 Å². The van der Waals surface area contributed by atoms with E-state index in [4.69, 9.17) is 18.9 Å². The highest BCUT2D eigenvalue weighted by Crippen LogP contribution is 2.38. The van der Waals surface area contributed by atoms with Crippen LogP contribution in [0.15, 0.2) is 170 Å². The minimum Gasteiger partial charge on any atom is -0.497 e. The Kier molecular flexibility index (Phi) is 12.8. The van der Waals surface area contributed by atoms with Crippen LogP contribution in [0.1, 0.15) is 66.1 Å². The summed E-state index contributed by atoms with van der Waals surface area (Å²) in [5.41, 5.74) is 11.4. The SMILES string of the molecule is CCC(C)(c1ccc(OC(C)=O)cc1)c1ccc(OC(=O)Oc2ccc(/C(=C/c3ccc(N(c4ccc(C)cc4)c4ccc(C)cc4)cc3)c3ccc(OC)cc3)cc2)cc1. The summed E-state index contributed by atoms with van der Waals surface area (Å²) < 4.78 is 21.9. The lowest BCUT2D eigenvalue weighted by Crippen LogP contribution is -2.22. The van der Waals surface area contributed by atoms with Crippen molar-refractivity contribution in [2.24, 2.45) is 0 Å². The van der Waals surface area contributed by atoms with E-state index in [1.165, 1.54) is 18.1 Å². The molecule has 0 heterocycles. The summed E-state index contributed by atoms with van der Waals surface area (Å²) in [5, 5.41) is 0. The van der Waals surface area contributed by atoms with Gasteiger partial charge in [-0.15, -0.1) is 0 Å². The number of anilines is 3. The van der Waals surface area contributed by atoms with Gasteiger partial charge < -0.3 is 23.8 Å². The van der Waals surface area contributed by atoms with Crippen molar-refractivity contribution in [2.45, 2.75) is 46.5 Å². The van der Waals surface area contributed by atoms with Gasteiger partial charge in [-0.3, -0.25) is 4.79 Å². The largest absolute Gasteiger partial charge is 0.519 e. The predicted octanol–water partition coefficient (Wildman–Crippen LogP) is 13.6. The van der Waals surface area contributed by atoms with Crippen LogP contribution in [0.5, 0.6) is 23.0 Å². The molecular formula is C54H49NO6. The molecule has 1 unspecified atom stereocenters. The molecule has 7 aromatic rings. The predicted molar refractivity (Wildman–Crippen MR) is 245 cm³/mol. The van der Waals surface area contributed by atoms with E-state index in [-0.39, 0.29) is 11.4 Å². The number of aryl methyl sites for hydroxylation is 2. The number of carbonyl (C=O) groups excluding carboxylic acids is 2. The monoisotopic (exact) mass is 807 g/mol. The number of rotatable bonds is 13. The van der Waals surface area contributed by atoms with Crippen molar-refractivity contribution < 1.29 is 28.5 Å². The molecular weight excluding hydrogens is 759 g/mol. The zero-order chi connectivity index (χ0) is 42.9. The Balaban J connectivity index is 1.08. The molecule has 61 heavy (non-hydrogen) atoms. The van der Waals surface area contributed by atoms with Crippen LogP contribution < -0.4 is 23.8 Å². The van der Waals surface area contributed by atoms with Gasteiger partial charge in [0.05, 0.1) is 7.11 Å². The van der Waals surface area contributed by atoms with Gasteiger partial charge in [0.2, 0.25) is 0 Å². The Bertz CT molecular complexity index is 2550. The first-order valence-electron chi connectivity index (χ1n) is 20.3. The minimum absolute atomic E-state index is 0.317. The Morgan fingerprint density at radius 2 is 0.902 bits per heavy atom. The molecule has 1 atom stereocenters. The van der Waals surface area contributed by atoms with Crippen LogP contribution in [0.4, 0.5) is 21.9 Å². The molecule has 0 aliphatic rings. The van der Waals surface area contributed by atoms with Gasteiger partial charge in [0.25, 0.3) is 0 Å². The second-order valence-electron chi connectivity index (χ2n) is 15.2. The fourth-order valence-corrected chi connectivity index (χ4v) is 7.26. The molecule has 7 heteroatoms. The number of hydrogen-bond donors (Lipinski definition) is 0.